The van der Waals surface area contributed by atoms with Gasteiger partial charge in [-0.3, -0.25) is 9.59 Å². The maximum absolute atomic E-state index is 12.6. The SMILES string of the molecule is C=CCn1c(CC(=O)Nc2cccc(Cl)c2Cl)nnc1SCC(=O)Nc1ccccc1CC. The monoisotopic (exact) mass is 503 g/mol. The van der Waals surface area contributed by atoms with Crippen LogP contribution in [0, 0.1) is 0 Å². The van der Waals surface area contributed by atoms with E-state index < -0.39 is 0 Å². The Morgan fingerprint density at radius 3 is 2.55 bits per heavy atom. The lowest BCUT2D eigenvalue weighted by Gasteiger charge is -2.11. The number of aromatic nitrogens is 3. The Morgan fingerprint density at radius 2 is 1.79 bits per heavy atom. The summed E-state index contributed by atoms with van der Waals surface area (Å²) in [6.07, 6.45) is 2.48. The summed E-state index contributed by atoms with van der Waals surface area (Å²) < 4.78 is 1.75. The molecule has 0 saturated carbocycles. The molecule has 0 aliphatic carbocycles. The second-order valence-corrected chi connectivity index (χ2v) is 8.70. The summed E-state index contributed by atoms with van der Waals surface area (Å²) in [6.45, 7) is 6.19. The predicted octanol–water partition coefficient (Wildman–Crippen LogP) is 5.25. The van der Waals surface area contributed by atoms with Crippen LogP contribution in [0.5, 0.6) is 0 Å². The molecule has 1 aromatic heterocycles. The van der Waals surface area contributed by atoms with E-state index in [1.54, 1.807) is 28.8 Å². The highest BCUT2D eigenvalue weighted by molar-refractivity contribution is 7.99. The Balaban J connectivity index is 1.65. The number of hydrogen-bond donors (Lipinski definition) is 2. The highest BCUT2D eigenvalue weighted by Gasteiger charge is 2.17. The van der Waals surface area contributed by atoms with Gasteiger partial charge in [0.1, 0.15) is 5.82 Å². The summed E-state index contributed by atoms with van der Waals surface area (Å²) in [5, 5.41) is 15.1. The van der Waals surface area contributed by atoms with Gasteiger partial charge in [-0.2, -0.15) is 0 Å². The first kappa shape index (κ1) is 24.8. The number of nitrogens with zero attached hydrogens (tertiary/aromatic N) is 3. The van der Waals surface area contributed by atoms with Crippen molar-refractivity contribution in [2.75, 3.05) is 16.4 Å². The molecule has 7 nitrogen and oxygen atoms in total. The maximum atomic E-state index is 12.6. The van der Waals surface area contributed by atoms with Crippen LogP contribution in [0.15, 0.2) is 60.3 Å². The fraction of sp³-hybridized carbons (Fsp3) is 0.217. The van der Waals surface area contributed by atoms with E-state index in [9.17, 15) is 9.59 Å². The molecule has 0 aliphatic heterocycles. The zero-order valence-electron chi connectivity index (χ0n) is 18.0. The third kappa shape index (κ3) is 6.60. The number of rotatable bonds is 10. The Labute approximate surface area is 206 Å². The summed E-state index contributed by atoms with van der Waals surface area (Å²) in [7, 11) is 0. The van der Waals surface area contributed by atoms with Gasteiger partial charge >= 0.3 is 0 Å². The van der Waals surface area contributed by atoms with Crippen molar-refractivity contribution < 1.29 is 9.59 Å². The number of nitrogens with one attached hydrogen (secondary N) is 2. The van der Waals surface area contributed by atoms with Crippen molar-refractivity contribution in [2.45, 2.75) is 31.5 Å². The number of carbonyl (C=O) groups is 2. The molecule has 0 saturated heterocycles. The van der Waals surface area contributed by atoms with Gasteiger partial charge in [0.25, 0.3) is 0 Å². The standard InChI is InChI=1S/C23H23Cl2N5O2S/c1-3-12-30-19(13-20(31)27-18-11-7-9-16(24)22(18)25)28-29-23(30)33-14-21(32)26-17-10-6-5-8-15(17)4-2/h3,5-11H,1,4,12-14H2,2H3,(H,26,32)(H,27,31). The summed E-state index contributed by atoms with van der Waals surface area (Å²) in [6, 6.07) is 12.7. The molecular formula is C23H23Cl2N5O2S. The number of amides is 2. The molecule has 172 valence electrons. The summed E-state index contributed by atoms with van der Waals surface area (Å²) in [5.74, 6) is 0.133. The van der Waals surface area contributed by atoms with E-state index in [0.29, 0.717) is 28.2 Å². The molecule has 1 heterocycles. The van der Waals surface area contributed by atoms with Gasteiger partial charge in [-0.05, 0) is 30.2 Å². The van der Waals surface area contributed by atoms with Gasteiger partial charge in [0.2, 0.25) is 11.8 Å². The van der Waals surface area contributed by atoms with E-state index in [1.807, 2.05) is 31.2 Å². The predicted molar refractivity (Wildman–Crippen MR) is 134 cm³/mol. The second-order valence-electron chi connectivity index (χ2n) is 6.97. The molecule has 33 heavy (non-hydrogen) atoms. The molecule has 0 radical (unpaired) electrons. The number of carbonyl (C=O) groups excluding carboxylic acids is 2. The Kier molecular flexibility index (Phi) is 8.94. The van der Waals surface area contributed by atoms with Crippen molar-refractivity contribution in [3.8, 4) is 0 Å². The Bertz CT molecular complexity index is 1170. The molecule has 3 aromatic rings. The molecule has 3 rings (SSSR count). The van der Waals surface area contributed by atoms with Gasteiger partial charge in [-0.1, -0.05) is 72.2 Å². The van der Waals surface area contributed by atoms with Gasteiger partial charge in [0.15, 0.2) is 5.16 Å². The minimum atomic E-state index is -0.317. The number of allylic oxidation sites excluding steroid dienone is 1. The van der Waals surface area contributed by atoms with Crippen LogP contribution >= 0.6 is 35.0 Å². The topological polar surface area (TPSA) is 88.9 Å². The quantitative estimate of drug-likeness (QED) is 0.291. The minimum Gasteiger partial charge on any atom is -0.325 e. The van der Waals surface area contributed by atoms with E-state index in [-0.39, 0.29) is 29.0 Å². The van der Waals surface area contributed by atoms with Gasteiger partial charge in [0, 0.05) is 12.2 Å². The molecule has 10 heteroatoms. The highest BCUT2D eigenvalue weighted by Crippen LogP contribution is 2.29. The summed E-state index contributed by atoms with van der Waals surface area (Å²) in [4.78, 5) is 25.0. The smallest absolute Gasteiger partial charge is 0.234 e. The fourth-order valence-corrected chi connectivity index (χ4v) is 4.19. The lowest BCUT2D eigenvalue weighted by atomic mass is 10.1. The number of halogens is 2. The average Bonchev–Trinajstić information content (AvgIpc) is 3.17. The van der Waals surface area contributed by atoms with Gasteiger partial charge in [0.05, 0.1) is 27.9 Å². The van der Waals surface area contributed by atoms with Crippen molar-refractivity contribution in [2.24, 2.45) is 0 Å². The molecule has 0 fully saturated rings. The number of anilines is 2. The molecule has 0 bridgehead atoms. The number of thioether (sulfide) groups is 1. The first-order valence-electron chi connectivity index (χ1n) is 10.2. The molecule has 0 aliphatic rings. The van der Waals surface area contributed by atoms with E-state index in [4.69, 9.17) is 23.2 Å². The van der Waals surface area contributed by atoms with Crippen LogP contribution in [0.3, 0.4) is 0 Å². The lowest BCUT2D eigenvalue weighted by Crippen LogP contribution is -2.18. The fourth-order valence-electron chi connectivity index (χ4n) is 3.07. The molecule has 0 unspecified atom stereocenters. The third-order valence-corrected chi connectivity index (χ3v) is 6.44. The molecular weight excluding hydrogens is 481 g/mol. The molecule has 2 aromatic carbocycles. The highest BCUT2D eigenvalue weighted by atomic mass is 35.5. The molecule has 0 spiro atoms. The number of para-hydroxylation sites is 1. The maximum Gasteiger partial charge on any atom is 0.234 e. The third-order valence-electron chi connectivity index (χ3n) is 4.65. The van der Waals surface area contributed by atoms with Crippen LogP contribution < -0.4 is 10.6 Å². The van der Waals surface area contributed by atoms with Crippen LogP contribution in [-0.4, -0.2) is 32.3 Å². The van der Waals surface area contributed by atoms with Crippen LogP contribution in [0.4, 0.5) is 11.4 Å². The van der Waals surface area contributed by atoms with Crippen molar-refractivity contribution in [1.82, 2.24) is 14.8 Å². The number of aryl methyl sites for hydroxylation is 1. The summed E-state index contributed by atoms with van der Waals surface area (Å²) >= 11 is 13.4. The second kappa shape index (κ2) is 11.9. The van der Waals surface area contributed by atoms with Crippen molar-refractivity contribution in [3.05, 3.63) is 76.6 Å². The lowest BCUT2D eigenvalue weighted by molar-refractivity contribution is -0.116. The Hall–Kier alpha value is -2.81. The van der Waals surface area contributed by atoms with E-state index in [0.717, 1.165) is 17.7 Å². The van der Waals surface area contributed by atoms with Crippen molar-refractivity contribution in [1.29, 1.82) is 0 Å². The van der Waals surface area contributed by atoms with Crippen molar-refractivity contribution >= 4 is 58.2 Å². The Morgan fingerprint density at radius 1 is 1.06 bits per heavy atom. The van der Waals surface area contributed by atoms with Gasteiger partial charge in [-0.25, -0.2) is 0 Å². The van der Waals surface area contributed by atoms with E-state index in [2.05, 4.69) is 27.4 Å². The first-order chi connectivity index (χ1) is 15.9. The van der Waals surface area contributed by atoms with Crippen LogP contribution in [0.1, 0.15) is 18.3 Å². The zero-order chi connectivity index (χ0) is 23.8. The normalized spacial score (nSPS) is 10.6. The van der Waals surface area contributed by atoms with E-state index in [1.165, 1.54) is 11.8 Å². The first-order valence-corrected chi connectivity index (χ1v) is 11.9. The van der Waals surface area contributed by atoms with Crippen LogP contribution in [0.2, 0.25) is 10.0 Å². The van der Waals surface area contributed by atoms with Gasteiger partial charge in [-0.15, -0.1) is 16.8 Å². The summed E-state index contributed by atoms with van der Waals surface area (Å²) in [5.41, 5.74) is 2.29. The minimum absolute atomic E-state index is 0.0275. The average molecular weight is 504 g/mol. The molecule has 0 atom stereocenters. The van der Waals surface area contributed by atoms with Crippen molar-refractivity contribution in [3.63, 3.8) is 0 Å². The molecule has 2 amide bonds. The van der Waals surface area contributed by atoms with E-state index >= 15 is 0 Å². The van der Waals surface area contributed by atoms with Crippen LogP contribution in [0.25, 0.3) is 0 Å². The largest absolute Gasteiger partial charge is 0.325 e. The zero-order valence-corrected chi connectivity index (χ0v) is 20.3. The number of hydrogen-bond acceptors (Lipinski definition) is 5. The van der Waals surface area contributed by atoms with Gasteiger partial charge < -0.3 is 15.2 Å². The molecule has 2 N–H and O–H groups in total. The number of benzene rings is 2. The van der Waals surface area contributed by atoms with Crippen LogP contribution in [-0.2, 0) is 29.0 Å².